The van der Waals surface area contributed by atoms with Gasteiger partial charge in [-0.05, 0) is 27.7 Å². The Bertz CT molecular complexity index is 135. The minimum atomic E-state index is -0.0994. The molecule has 1 saturated heterocycles. The fourth-order valence-corrected chi connectivity index (χ4v) is 2.38. The molecule has 0 aromatic heterocycles. The molecule has 0 aromatic carbocycles. The number of rotatable bonds is 4. The molecule has 0 aromatic rings. The van der Waals surface area contributed by atoms with Crippen LogP contribution in [0.2, 0.25) is 0 Å². The second-order valence-corrected chi connectivity index (χ2v) is 4.62. The van der Waals surface area contributed by atoms with Crippen LogP contribution in [0, 0.1) is 0 Å². The van der Waals surface area contributed by atoms with Crippen molar-refractivity contribution in [2.24, 2.45) is 0 Å². The zero-order valence-electron chi connectivity index (χ0n) is 7.64. The lowest BCUT2D eigenvalue weighted by Gasteiger charge is -2.15. The summed E-state index contributed by atoms with van der Waals surface area (Å²) in [5, 5.41) is 0. The van der Waals surface area contributed by atoms with Gasteiger partial charge in [0.15, 0.2) is 9.87 Å². The normalized spacial score (nSPS) is 42.5. The summed E-state index contributed by atoms with van der Waals surface area (Å²) in [6.45, 7) is 9.69. The molecule has 1 aliphatic heterocycles. The minimum Gasteiger partial charge on any atom is -0.361 e. The first-order valence-corrected chi connectivity index (χ1v) is 4.87. The van der Waals surface area contributed by atoms with Crippen molar-refractivity contribution in [1.29, 1.82) is 0 Å². The summed E-state index contributed by atoms with van der Waals surface area (Å²) in [7, 11) is 0. The van der Waals surface area contributed by atoms with Gasteiger partial charge in [0, 0.05) is 13.2 Å². The van der Waals surface area contributed by atoms with Gasteiger partial charge in [-0.3, -0.25) is 0 Å². The summed E-state index contributed by atoms with van der Waals surface area (Å²) in [5.41, 5.74) is 0. The molecule has 0 N–H and O–H groups in total. The number of ether oxygens (including phenoxy) is 2. The van der Waals surface area contributed by atoms with Gasteiger partial charge in [-0.2, -0.15) is 0 Å². The van der Waals surface area contributed by atoms with Crippen molar-refractivity contribution >= 4 is 11.8 Å². The van der Waals surface area contributed by atoms with Crippen molar-refractivity contribution in [2.75, 3.05) is 13.2 Å². The summed E-state index contributed by atoms with van der Waals surface area (Å²) >= 11 is 1.75. The van der Waals surface area contributed by atoms with E-state index in [-0.39, 0.29) is 9.87 Å². The second-order valence-electron chi connectivity index (χ2n) is 2.86. The van der Waals surface area contributed by atoms with E-state index in [1.807, 2.05) is 13.8 Å². The Kier molecular flexibility index (Phi) is 2.52. The molecule has 1 aliphatic rings. The van der Waals surface area contributed by atoms with E-state index in [2.05, 4.69) is 13.8 Å². The van der Waals surface area contributed by atoms with E-state index in [9.17, 15) is 0 Å². The van der Waals surface area contributed by atoms with Gasteiger partial charge in [0.1, 0.15) is 0 Å². The molecular formula is C8H16O2S. The van der Waals surface area contributed by atoms with Crippen LogP contribution in [0.5, 0.6) is 0 Å². The number of thioether (sulfide) groups is 1. The first-order valence-electron chi connectivity index (χ1n) is 4.06. The fourth-order valence-electron chi connectivity index (χ4n) is 1.22. The Morgan fingerprint density at radius 2 is 1.36 bits per heavy atom. The molecule has 66 valence electrons. The standard InChI is InChI=1S/C8H16O2S/c1-5-9-7(3)8(4,11-7)10-6-2/h5-6H2,1-4H3. The summed E-state index contributed by atoms with van der Waals surface area (Å²) in [4.78, 5) is -0.199. The lowest BCUT2D eigenvalue weighted by Crippen LogP contribution is -2.25. The van der Waals surface area contributed by atoms with Crippen LogP contribution in [-0.2, 0) is 9.47 Å². The first kappa shape index (κ1) is 9.36. The quantitative estimate of drug-likeness (QED) is 0.612. The summed E-state index contributed by atoms with van der Waals surface area (Å²) < 4.78 is 11.1. The zero-order chi connectivity index (χ0) is 8.54. The van der Waals surface area contributed by atoms with Crippen LogP contribution in [0.3, 0.4) is 0 Å². The molecule has 1 fully saturated rings. The van der Waals surface area contributed by atoms with Gasteiger partial charge < -0.3 is 9.47 Å². The highest BCUT2D eigenvalue weighted by Crippen LogP contribution is 2.64. The number of hydrogen-bond donors (Lipinski definition) is 0. The Morgan fingerprint density at radius 3 is 1.64 bits per heavy atom. The molecule has 0 aliphatic carbocycles. The minimum absolute atomic E-state index is 0.0994. The highest BCUT2D eigenvalue weighted by Gasteiger charge is 2.65. The van der Waals surface area contributed by atoms with Crippen LogP contribution in [0.25, 0.3) is 0 Å². The maximum Gasteiger partial charge on any atom is 0.151 e. The SMILES string of the molecule is CCOC1(C)SC1(C)OCC. The van der Waals surface area contributed by atoms with E-state index in [1.54, 1.807) is 11.8 Å². The van der Waals surface area contributed by atoms with Crippen molar-refractivity contribution in [2.45, 2.75) is 37.6 Å². The van der Waals surface area contributed by atoms with Crippen LogP contribution in [0.4, 0.5) is 0 Å². The molecule has 0 amide bonds. The van der Waals surface area contributed by atoms with Crippen LogP contribution in [0.1, 0.15) is 27.7 Å². The molecule has 11 heavy (non-hydrogen) atoms. The smallest absolute Gasteiger partial charge is 0.151 e. The Labute approximate surface area is 72.6 Å². The maximum atomic E-state index is 5.55. The van der Waals surface area contributed by atoms with Gasteiger partial charge in [0.05, 0.1) is 0 Å². The predicted molar refractivity (Wildman–Crippen MR) is 47.7 cm³/mol. The topological polar surface area (TPSA) is 18.5 Å². The fraction of sp³-hybridized carbons (Fsp3) is 1.00. The Morgan fingerprint density at radius 1 is 1.00 bits per heavy atom. The average molecular weight is 176 g/mol. The van der Waals surface area contributed by atoms with E-state index in [4.69, 9.17) is 9.47 Å². The molecule has 0 saturated carbocycles. The molecule has 1 rings (SSSR count). The van der Waals surface area contributed by atoms with Gasteiger partial charge in [-0.25, -0.2) is 0 Å². The third-order valence-corrected chi connectivity index (χ3v) is 3.60. The molecule has 0 bridgehead atoms. The lowest BCUT2D eigenvalue weighted by atomic mass is 10.2. The molecule has 2 nitrogen and oxygen atoms in total. The Hall–Kier alpha value is 0.270. The van der Waals surface area contributed by atoms with Gasteiger partial charge in [0.2, 0.25) is 0 Å². The van der Waals surface area contributed by atoms with E-state index in [0.29, 0.717) is 0 Å². The van der Waals surface area contributed by atoms with Gasteiger partial charge in [-0.15, -0.1) is 0 Å². The second kappa shape index (κ2) is 2.96. The van der Waals surface area contributed by atoms with Crippen molar-refractivity contribution in [3.8, 4) is 0 Å². The van der Waals surface area contributed by atoms with Crippen LogP contribution < -0.4 is 0 Å². The highest BCUT2D eigenvalue weighted by atomic mass is 32.2. The van der Waals surface area contributed by atoms with Gasteiger partial charge in [-0.1, -0.05) is 11.8 Å². The zero-order valence-corrected chi connectivity index (χ0v) is 8.46. The average Bonchev–Trinajstić information content (AvgIpc) is 2.36. The third-order valence-electron chi connectivity index (χ3n) is 2.01. The van der Waals surface area contributed by atoms with Crippen LogP contribution in [0.15, 0.2) is 0 Å². The summed E-state index contributed by atoms with van der Waals surface area (Å²) in [5.74, 6) is 0. The molecule has 2 atom stereocenters. The van der Waals surface area contributed by atoms with Crippen LogP contribution >= 0.6 is 11.8 Å². The highest BCUT2D eigenvalue weighted by molar-refractivity contribution is 8.09. The largest absolute Gasteiger partial charge is 0.361 e. The van der Waals surface area contributed by atoms with Gasteiger partial charge in [0.25, 0.3) is 0 Å². The molecule has 2 unspecified atom stereocenters. The van der Waals surface area contributed by atoms with E-state index in [1.165, 1.54) is 0 Å². The van der Waals surface area contributed by atoms with Gasteiger partial charge >= 0.3 is 0 Å². The predicted octanol–water partition coefficient (Wildman–Crippen LogP) is 2.24. The van der Waals surface area contributed by atoms with Crippen LogP contribution in [-0.4, -0.2) is 23.1 Å². The third kappa shape index (κ3) is 1.55. The van der Waals surface area contributed by atoms with E-state index in [0.717, 1.165) is 13.2 Å². The van der Waals surface area contributed by atoms with E-state index < -0.39 is 0 Å². The monoisotopic (exact) mass is 176 g/mol. The molecule has 3 heteroatoms. The number of hydrogen-bond acceptors (Lipinski definition) is 3. The molecule has 1 heterocycles. The molecule has 0 spiro atoms. The molecule has 0 radical (unpaired) electrons. The molecular weight excluding hydrogens is 160 g/mol. The first-order chi connectivity index (χ1) is 5.08. The van der Waals surface area contributed by atoms with Crippen molar-refractivity contribution < 1.29 is 9.47 Å². The lowest BCUT2D eigenvalue weighted by molar-refractivity contribution is -0.0489. The van der Waals surface area contributed by atoms with Crippen molar-refractivity contribution in [3.05, 3.63) is 0 Å². The summed E-state index contributed by atoms with van der Waals surface area (Å²) in [6, 6.07) is 0. The Balaban J connectivity index is 2.42. The maximum absolute atomic E-state index is 5.55. The van der Waals surface area contributed by atoms with Crippen molar-refractivity contribution in [3.63, 3.8) is 0 Å². The van der Waals surface area contributed by atoms with Crippen molar-refractivity contribution in [1.82, 2.24) is 0 Å². The summed E-state index contributed by atoms with van der Waals surface area (Å²) in [6.07, 6.45) is 0. The van der Waals surface area contributed by atoms with E-state index >= 15 is 0 Å².